The average molecular weight is 414 g/mol. The fraction of sp³-hybridized carbons (Fsp3) is 0.667. The summed E-state index contributed by atoms with van der Waals surface area (Å²) in [5.74, 6) is 2.39. The molecule has 2 heterocycles. The number of likely N-dealkylation sites (tertiary alicyclic amines) is 2. The van der Waals surface area contributed by atoms with Crippen molar-refractivity contribution in [1.82, 2.24) is 20.4 Å². The zero-order valence-corrected chi connectivity index (χ0v) is 19.0. The Bertz CT molecular complexity index is 703. The van der Waals surface area contributed by atoms with Gasteiger partial charge in [-0.05, 0) is 49.1 Å². The zero-order chi connectivity index (χ0) is 21.3. The molecule has 2 unspecified atom stereocenters. The van der Waals surface area contributed by atoms with E-state index in [2.05, 4.69) is 53.6 Å². The first-order chi connectivity index (χ1) is 14.5. The number of nitrogens with zero attached hydrogens (tertiary/aromatic N) is 3. The van der Waals surface area contributed by atoms with Crippen molar-refractivity contribution in [3.63, 3.8) is 0 Å². The summed E-state index contributed by atoms with van der Waals surface area (Å²) in [4.78, 5) is 21.6. The average Bonchev–Trinajstić information content (AvgIpc) is 3.25. The van der Waals surface area contributed by atoms with Crippen molar-refractivity contribution >= 4 is 11.9 Å². The van der Waals surface area contributed by atoms with Crippen LogP contribution < -0.4 is 10.6 Å². The van der Waals surface area contributed by atoms with Gasteiger partial charge in [-0.15, -0.1) is 0 Å². The van der Waals surface area contributed by atoms with Crippen LogP contribution in [0.25, 0.3) is 0 Å². The predicted molar refractivity (Wildman–Crippen MR) is 123 cm³/mol. The minimum Gasteiger partial charge on any atom is -0.357 e. The summed E-state index contributed by atoms with van der Waals surface area (Å²) >= 11 is 0. The number of guanidine groups is 1. The fourth-order valence-electron chi connectivity index (χ4n) is 4.77. The summed E-state index contributed by atoms with van der Waals surface area (Å²) in [6.07, 6.45) is 3.56. The van der Waals surface area contributed by atoms with Crippen LogP contribution in [-0.4, -0.2) is 60.9 Å². The number of aliphatic imine (C=N–C) groups is 1. The fourth-order valence-corrected chi connectivity index (χ4v) is 4.77. The van der Waals surface area contributed by atoms with Crippen LogP contribution in [-0.2, 0) is 17.9 Å². The molecule has 2 aliphatic heterocycles. The largest absolute Gasteiger partial charge is 0.357 e. The molecule has 2 atom stereocenters. The maximum absolute atomic E-state index is 12.3. The van der Waals surface area contributed by atoms with E-state index in [0.29, 0.717) is 19.0 Å². The van der Waals surface area contributed by atoms with Gasteiger partial charge < -0.3 is 15.5 Å². The molecule has 3 rings (SSSR count). The van der Waals surface area contributed by atoms with Crippen LogP contribution >= 0.6 is 0 Å². The normalized spacial score (nSPS) is 22.9. The number of nitrogens with one attached hydrogen (secondary N) is 2. The highest BCUT2D eigenvalue weighted by Crippen LogP contribution is 2.23. The van der Waals surface area contributed by atoms with Crippen LogP contribution in [0.4, 0.5) is 0 Å². The SMILES string of the molecule is CCNC(=NCc1ccccc1CN1CC(C)CC(C)C1)NCC(=O)N1CCCC1. The van der Waals surface area contributed by atoms with Crippen molar-refractivity contribution in [1.29, 1.82) is 0 Å². The summed E-state index contributed by atoms with van der Waals surface area (Å²) in [5.41, 5.74) is 2.61. The third kappa shape index (κ3) is 6.73. The molecule has 0 aliphatic carbocycles. The first-order valence-electron chi connectivity index (χ1n) is 11.6. The monoisotopic (exact) mass is 413 g/mol. The molecule has 1 amide bonds. The zero-order valence-electron chi connectivity index (χ0n) is 19.0. The minimum absolute atomic E-state index is 0.159. The van der Waals surface area contributed by atoms with E-state index in [1.807, 2.05) is 11.8 Å². The van der Waals surface area contributed by atoms with E-state index in [4.69, 9.17) is 4.99 Å². The second-order valence-corrected chi connectivity index (χ2v) is 9.05. The van der Waals surface area contributed by atoms with Crippen LogP contribution in [0.15, 0.2) is 29.3 Å². The third-order valence-corrected chi connectivity index (χ3v) is 6.07. The third-order valence-electron chi connectivity index (χ3n) is 6.07. The Morgan fingerprint density at radius 2 is 1.73 bits per heavy atom. The van der Waals surface area contributed by atoms with E-state index in [1.54, 1.807) is 0 Å². The number of rotatable bonds is 7. The van der Waals surface area contributed by atoms with Crippen LogP contribution in [0.1, 0.15) is 51.2 Å². The number of hydrogen-bond acceptors (Lipinski definition) is 3. The number of amides is 1. The molecule has 0 spiro atoms. The molecule has 0 radical (unpaired) electrons. The van der Waals surface area contributed by atoms with Crippen molar-refractivity contribution in [2.24, 2.45) is 16.8 Å². The van der Waals surface area contributed by atoms with Crippen molar-refractivity contribution in [2.75, 3.05) is 39.3 Å². The van der Waals surface area contributed by atoms with Gasteiger partial charge in [-0.1, -0.05) is 38.1 Å². The van der Waals surface area contributed by atoms with E-state index < -0.39 is 0 Å². The first-order valence-corrected chi connectivity index (χ1v) is 11.6. The number of carbonyl (C=O) groups excluding carboxylic acids is 1. The molecule has 1 aromatic rings. The summed E-state index contributed by atoms with van der Waals surface area (Å²) < 4.78 is 0. The van der Waals surface area contributed by atoms with Gasteiger partial charge in [0.1, 0.15) is 0 Å². The van der Waals surface area contributed by atoms with E-state index in [-0.39, 0.29) is 5.91 Å². The Labute approximate surface area is 182 Å². The lowest BCUT2D eigenvalue weighted by Gasteiger charge is -2.35. The lowest BCUT2D eigenvalue weighted by molar-refractivity contribution is -0.128. The van der Waals surface area contributed by atoms with Crippen molar-refractivity contribution in [3.05, 3.63) is 35.4 Å². The van der Waals surface area contributed by atoms with Crippen LogP contribution in [0, 0.1) is 11.8 Å². The van der Waals surface area contributed by atoms with Crippen molar-refractivity contribution < 1.29 is 4.79 Å². The number of carbonyl (C=O) groups is 1. The summed E-state index contributed by atoms with van der Waals surface area (Å²) in [5, 5.41) is 6.49. The van der Waals surface area contributed by atoms with Gasteiger partial charge in [0.25, 0.3) is 0 Å². The van der Waals surface area contributed by atoms with Crippen molar-refractivity contribution in [2.45, 2.75) is 53.1 Å². The Balaban J connectivity index is 1.60. The molecule has 30 heavy (non-hydrogen) atoms. The smallest absolute Gasteiger partial charge is 0.241 e. The van der Waals surface area contributed by atoms with E-state index >= 15 is 0 Å². The molecule has 2 aliphatic rings. The van der Waals surface area contributed by atoms with Gasteiger partial charge in [-0.3, -0.25) is 9.69 Å². The van der Waals surface area contributed by atoms with Gasteiger partial charge in [-0.25, -0.2) is 4.99 Å². The van der Waals surface area contributed by atoms with Gasteiger partial charge in [0.15, 0.2) is 5.96 Å². The molecular formula is C24H39N5O. The Morgan fingerprint density at radius 3 is 2.40 bits per heavy atom. The molecule has 166 valence electrons. The quantitative estimate of drug-likeness (QED) is 0.533. The van der Waals surface area contributed by atoms with Gasteiger partial charge in [0, 0.05) is 39.3 Å². The molecule has 0 aromatic heterocycles. The van der Waals surface area contributed by atoms with Gasteiger partial charge >= 0.3 is 0 Å². The molecule has 2 N–H and O–H groups in total. The summed E-state index contributed by atoms with van der Waals surface area (Å²) in [6, 6.07) is 8.62. The maximum atomic E-state index is 12.3. The molecule has 2 fully saturated rings. The first kappa shape index (κ1) is 22.6. The van der Waals surface area contributed by atoms with Gasteiger partial charge in [0.2, 0.25) is 5.91 Å². The van der Waals surface area contributed by atoms with Crippen LogP contribution in [0.2, 0.25) is 0 Å². The van der Waals surface area contributed by atoms with Crippen LogP contribution in [0.3, 0.4) is 0 Å². The van der Waals surface area contributed by atoms with Gasteiger partial charge in [0.05, 0.1) is 13.1 Å². The highest BCUT2D eigenvalue weighted by Gasteiger charge is 2.22. The molecule has 1 aromatic carbocycles. The minimum atomic E-state index is 0.159. The maximum Gasteiger partial charge on any atom is 0.241 e. The second kappa shape index (κ2) is 11.3. The van der Waals surface area contributed by atoms with Crippen molar-refractivity contribution in [3.8, 4) is 0 Å². The molecule has 0 saturated carbocycles. The molecular weight excluding hydrogens is 374 g/mol. The Morgan fingerprint density at radius 1 is 1.07 bits per heavy atom. The van der Waals surface area contributed by atoms with Crippen LogP contribution in [0.5, 0.6) is 0 Å². The second-order valence-electron chi connectivity index (χ2n) is 9.05. The summed E-state index contributed by atoms with van der Waals surface area (Å²) in [7, 11) is 0. The van der Waals surface area contributed by atoms with Gasteiger partial charge in [-0.2, -0.15) is 0 Å². The molecule has 0 bridgehead atoms. The molecule has 6 nitrogen and oxygen atoms in total. The predicted octanol–water partition coefficient (Wildman–Crippen LogP) is 2.84. The lowest BCUT2D eigenvalue weighted by Crippen LogP contribution is -2.44. The lowest BCUT2D eigenvalue weighted by atomic mass is 9.91. The highest BCUT2D eigenvalue weighted by atomic mass is 16.2. The summed E-state index contributed by atoms with van der Waals surface area (Å²) in [6.45, 7) is 13.5. The topological polar surface area (TPSA) is 60.0 Å². The Hall–Kier alpha value is -2.08. The van der Waals surface area contributed by atoms with E-state index in [0.717, 1.165) is 50.9 Å². The number of piperidine rings is 1. The number of hydrogen-bond donors (Lipinski definition) is 2. The Kier molecular flexibility index (Phi) is 8.55. The molecule has 2 saturated heterocycles. The number of benzene rings is 1. The van der Waals surface area contributed by atoms with E-state index in [1.165, 1.54) is 30.6 Å². The molecule has 6 heteroatoms. The highest BCUT2D eigenvalue weighted by molar-refractivity contribution is 5.86. The standard InChI is InChI=1S/C24H39N5O/c1-4-25-24(27-15-23(30)29-11-7-8-12-29)26-14-21-9-5-6-10-22(21)18-28-16-19(2)13-20(3)17-28/h5-6,9-10,19-20H,4,7-8,11-18H2,1-3H3,(H2,25,26,27). The van der Waals surface area contributed by atoms with E-state index in [9.17, 15) is 4.79 Å².